The van der Waals surface area contributed by atoms with E-state index in [1.165, 1.54) is 12.1 Å². The molecule has 0 unspecified atom stereocenters. The van der Waals surface area contributed by atoms with Gasteiger partial charge < -0.3 is 15.5 Å². The van der Waals surface area contributed by atoms with Crippen molar-refractivity contribution in [1.82, 2.24) is 5.32 Å². The van der Waals surface area contributed by atoms with Gasteiger partial charge in [-0.05, 0) is 43.5 Å². The van der Waals surface area contributed by atoms with Crippen LogP contribution >= 0.6 is 0 Å². The monoisotopic (exact) mass is 277 g/mol. The van der Waals surface area contributed by atoms with Crippen molar-refractivity contribution in [3.8, 4) is 5.75 Å². The third kappa shape index (κ3) is 2.76. The van der Waals surface area contributed by atoms with Crippen LogP contribution in [0.5, 0.6) is 5.75 Å². The predicted octanol–water partition coefficient (Wildman–Crippen LogP) is 2.08. The highest BCUT2D eigenvalue weighted by atomic mass is 16.4. The van der Waals surface area contributed by atoms with Gasteiger partial charge in [-0.15, -0.1) is 0 Å². The van der Waals surface area contributed by atoms with Gasteiger partial charge >= 0.3 is 5.97 Å². The number of aromatic hydroxyl groups is 1. The van der Waals surface area contributed by atoms with E-state index in [2.05, 4.69) is 5.32 Å². The lowest BCUT2D eigenvalue weighted by Crippen LogP contribution is -2.41. The maximum absolute atomic E-state index is 12.0. The second-order valence-corrected chi connectivity index (χ2v) is 5.48. The number of carboxylic acid groups (broad SMARTS) is 1. The summed E-state index contributed by atoms with van der Waals surface area (Å²) in [7, 11) is 0. The molecule has 1 amide bonds. The van der Waals surface area contributed by atoms with Crippen LogP contribution in [0.1, 0.15) is 41.6 Å². The van der Waals surface area contributed by atoms with Gasteiger partial charge in [-0.2, -0.15) is 0 Å². The molecule has 0 spiro atoms. The largest absolute Gasteiger partial charge is 0.508 e. The molecule has 1 aromatic rings. The van der Waals surface area contributed by atoms with Crippen LogP contribution in [0.15, 0.2) is 18.2 Å². The molecule has 108 valence electrons. The number of nitrogens with one attached hydrogen (secondary N) is 1. The molecule has 0 aliphatic heterocycles. The molecule has 3 N–H and O–H groups in total. The van der Waals surface area contributed by atoms with Crippen LogP contribution in [0.3, 0.4) is 0 Å². The number of hydrogen-bond donors (Lipinski definition) is 3. The van der Waals surface area contributed by atoms with Crippen molar-refractivity contribution < 1.29 is 19.8 Å². The number of phenolic OH excluding ortho intramolecular Hbond substituents is 1. The smallest absolute Gasteiger partial charge is 0.311 e. The van der Waals surface area contributed by atoms with E-state index < -0.39 is 11.4 Å². The van der Waals surface area contributed by atoms with E-state index in [4.69, 9.17) is 0 Å². The maximum atomic E-state index is 12.0. The Morgan fingerprint density at radius 1 is 1.30 bits per heavy atom. The third-order valence-electron chi connectivity index (χ3n) is 4.06. The van der Waals surface area contributed by atoms with Crippen LogP contribution in [-0.2, 0) is 4.79 Å². The van der Waals surface area contributed by atoms with Crippen molar-refractivity contribution in [2.45, 2.75) is 32.6 Å². The molecule has 0 atom stereocenters. The highest BCUT2D eigenvalue weighted by molar-refractivity contribution is 5.95. The van der Waals surface area contributed by atoms with Gasteiger partial charge in [0.05, 0.1) is 5.41 Å². The van der Waals surface area contributed by atoms with E-state index >= 15 is 0 Å². The second kappa shape index (κ2) is 5.53. The van der Waals surface area contributed by atoms with E-state index in [0.717, 1.165) is 12.8 Å². The SMILES string of the molecule is Cc1cc(C(=O)NCC2(C(=O)O)CCCC2)ccc1O. The summed E-state index contributed by atoms with van der Waals surface area (Å²) in [6.45, 7) is 1.86. The molecule has 20 heavy (non-hydrogen) atoms. The number of amides is 1. The van der Waals surface area contributed by atoms with Crippen LogP contribution in [-0.4, -0.2) is 28.6 Å². The Balaban J connectivity index is 2.04. The summed E-state index contributed by atoms with van der Waals surface area (Å²) in [4.78, 5) is 23.4. The Morgan fingerprint density at radius 3 is 2.50 bits per heavy atom. The quantitative estimate of drug-likeness (QED) is 0.786. The van der Waals surface area contributed by atoms with Crippen molar-refractivity contribution in [3.05, 3.63) is 29.3 Å². The van der Waals surface area contributed by atoms with Gasteiger partial charge in [-0.25, -0.2) is 0 Å². The van der Waals surface area contributed by atoms with Gasteiger partial charge in [-0.1, -0.05) is 12.8 Å². The van der Waals surface area contributed by atoms with Crippen molar-refractivity contribution in [1.29, 1.82) is 0 Å². The Labute approximate surface area is 117 Å². The summed E-state index contributed by atoms with van der Waals surface area (Å²) >= 11 is 0. The molecule has 1 aliphatic carbocycles. The van der Waals surface area contributed by atoms with E-state index in [-0.39, 0.29) is 18.2 Å². The fourth-order valence-electron chi connectivity index (χ4n) is 2.67. The van der Waals surface area contributed by atoms with Crippen molar-refractivity contribution in [2.24, 2.45) is 5.41 Å². The number of phenols is 1. The van der Waals surface area contributed by atoms with Crippen LogP contribution < -0.4 is 5.32 Å². The number of carboxylic acids is 1. The normalized spacial score (nSPS) is 16.9. The minimum Gasteiger partial charge on any atom is -0.508 e. The molecule has 0 bridgehead atoms. The molecule has 5 nitrogen and oxygen atoms in total. The topological polar surface area (TPSA) is 86.6 Å². The Kier molecular flexibility index (Phi) is 3.97. The van der Waals surface area contributed by atoms with Crippen molar-refractivity contribution in [3.63, 3.8) is 0 Å². The average molecular weight is 277 g/mol. The fraction of sp³-hybridized carbons (Fsp3) is 0.467. The van der Waals surface area contributed by atoms with E-state index in [9.17, 15) is 19.8 Å². The first-order chi connectivity index (χ1) is 9.44. The van der Waals surface area contributed by atoms with Crippen LogP contribution in [0, 0.1) is 12.3 Å². The molecule has 0 heterocycles. The van der Waals surface area contributed by atoms with Gasteiger partial charge in [0.15, 0.2) is 0 Å². The Hall–Kier alpha value is -2.04. The van der Waals surface area contributed by atoms with Gasteiger partial charge in [0.25, 0.3) is 5.91 Å². The molecule has 5 heteroatoms. The molecule has 0 saturated heterocycles. The Morgan fingerprint density at radius 2 is 1.95 bits per heavy atom. The lowest BCUT2D eigenvalue weighted by Gasteiger charge is -2.24. The number of aryl methyl sites for hydroxylation is 1. The van der Waals surface area contributed by atoms with E-state index in [1.807, 2.05) is 0 Å². The predicted molar refractivity (Wildman–Crippen MR) is 73.7 cm³/mol. The van der Waals surface area contributed by atoms with Gasteiger partial charge in [-0.3, -0.25) is 9.59 Å². The van der Waals surface area contributed by atoms with E-state index in [0.29, 0.717) is 24.0 Å². The van der Waals surface area contributed by atoms with Crippen molar-refractivity contribution in [2.75, 3.05) is 6.54 Å². The zero-order valence-electron chi connectivity index (χ0n) is 11.5. The molecule has 1 aromatic carbocycles. The van der Waals surface area contributed by atoms with Crippen molar-refractivity contribution >= 4 is 11.9 Å². The fourth-order valence-corrected chi connectivity index (χ4v) is 2.67. The standard InChI is InChI=1S/C15H19NO4/c1-10-8-11(4-5-12(10)17)13(18)16-9-15(14(19)20)6-2-3-7-15/h4-5,8,17H,2-3,6-7,9H2,1H3,(H,16,18)(H,19,20). The van der Waals surface area contributed by atoms with Crippen LogP contribution in [0.2, 0.25) is 0 Å². The number of hydrogen-bond acceptors (Lipinski definition) is 3. The molecule has 1 fully saturated rings. The summed E-state index contributed by atoms with van der Waals surface area (Å²) < 4.78 is 0. The first kappa shape index (κ1) is 14.4. The molecular weight excluding hydrogens is 258 g/mol. The molecule has 2 rings (SSSR count). The first-order valence-electron chi connectivity index (χ1n) is 6.76. The van der Waals surface area contributed by atoms with Crippen LogP contribution in [0.4, 0.5) is 0 Å². The average Bonchev–Trinajstić information content (AvgIpc) is 2.89. The summed E-state index contributed by atoms with van der Waals surface area (Å²) in [5.74, 6) is -1.00. The summed E-state index contributed by atoms with van der Waals surface area (Å²) in [5, 5.41) is 21.5. The highest BCUT2D eigenvalue weighted by Gasteiger charge is 2.41. The zero-order valence-corrected chi connectivity index (χ0v) is 11.5. The second-order valence-electron chi connectivity index (χ2n) is 5.48. The van der Waals surface area contributed by atoms with Crippen LogP contribution in [0.25, 0.3) is 0 Å². The summed E-state index contributed by atoms with van der Waals surface area (Å²) in [6.07, 6.45) is 3.00. The number of aliphatic carboxylic acids is 1. The summed E-state index contributed by atoms with van der Waals surface area (Å²) in [5.41, 5.74) is 0.229. The minimum atomic E-state index is -0.836. The van der Waals surface area contributed by atoms with Gasteiger partial charge in [0.2, 0.25) is 0 Å². The third-order valence-corrected chi connectivity index (χ3v) is 4.06. The highest BCUT2D eigenvalue weighted by Crippen LogP contribution is 2.37. The molecule has 1 saturated carbocycles. The number of rotatable bonds is 4. The number of carbonyl (C=O) groups is 2. The van der Waals surface area contributed by atoms with Gasteiger partial charge in [0, 0.05) is 12.1 Å². The number of carbonyl (C=O) groups excluding carboxylic acids is 1. The van der Waals surface area contributed by atoms with Gasteiger partial charge in [0.1, 0.15) is 5.75 Å². The Bertz CT molecular complexity index is 533. The van der Waals surface area contributed by atoms with E-state index in [1.54, 1.807) is 13.0 Å². The minimum absolute atomic E-state index is 0.138. The molecule has 1 aliphatic rings. The zero-order chi connectivity index (χ0) is 14.8. The number of benzene rings is 1. The molecule has 0 radical (unpaired) electrons. The maximum Gasteiger partial charge on any atom is 0.311 e. The summed E-state index contributed by atoms with van der Waals surface area (Å²) in [6, 6.07) is 4.58. The molecule has 0 aromatic heterocycles. The first-order valence-corrected chi connectivity index (χ1v) is 6.76. The molecular formula is C15H19NO4. The lowest BCUT2D eigenvalue weighted by atomic mass is 9.86. The lowest BCUT2D eigenvalue weighted by molar-refractivity contribution is -0.148.